The van der Waals surface area contributed by atoms with Gasteiger partial charge in [0.1, 0.15) is 5.75 Å². The first-order valence-corrected chi connectivity index (χ1v) is 6.73. The van der Waals surface area contributed by atoms with Crippen LogP contribution in [0.1, 0.15) is 28.5 Å². The molecule has 0 aliphatic rings. The molecule has 0 atom stereocenters. The van der Waals surface area contributed by atoms with Crippen LogP contribution in [0.25, 0.3) is 0 Å². The van der Waals surface area contributed by atoms with Gasteiger partial charge >= 0.3 is 0 Å². The Morgan fingerprint density at radius 1 is 1.05 bits per heavy atom. The molecule has 1 aromatic carbocycles. The van der Waals surface area contributed by atoms with Gasteiger partial charge in [-0.15, -0.1) is 10.2 Å². The van der Waals surface area contributed by atoms with E-state index in [0.717, 1.165) is 16.9 Å². The van der Waals surface area contributed by atoms with E-state index < -0.39 is 0 Å². The fraction of sp³-hybridized carbons (Fsp3) is 0.467. The van der Waals surface area contributed by atoms with E-state index in [1.807, 2.05) is 6.92 Å². The number of benzene rings is 1. The topological polar surface area (TPSA) is 68.4 Å². The molecule has 0 saturated heterocycles. The van der Waals surface area contributed by atoms with Gasteiger partial charge in [0.2, 0.25) is 11.8 Å². The van der Waals surface area contributed by atoms with Crippen molar-refractivity contribution in [3.8, 4) is 5.75 Å². The van der Waals surface area contributed by atoms with Crippen LogP contribution in [0.15, 0.2) is 16.5 Å². The van der Waals surface area contributed by atoms with E-state index in [-0.39, 0.29) is 6.61 Å². The Bertz CT molecular complexity index is 578. The van der Waals surface area contributed by atoms with Crippen molar-refractivity contribution in [2.75, 3.05) is 13.2 Å². The van der Waals surface area contributed by atoms with E-state index in [4.69, 9.17) is 14.3 Å². The fourth-order valence-electron chi connectivity index (χ4n) is 1.97. The first-order chi connectivity index (χ1) is 9.61. The molecule has 20 heavy (non-hydrogen) atoms. The average Bonchev–Trinajstić information content (AvgIpc) is 2.86. The third-order valence-corrected chi connectivity index (χ3v) is 3.27. The van der Waals surface area contributed by atoms with Gasteiger partial charge < -0.3 is 14.3 Å². The summed E-state index contributed by atoms with van der Waals surface area (Å²) < 4.78 is 11.2. The Hall–Kier alpha value is -1.88. The number of aliphatic hydroxyl groups excluding tert-OH is 1. The minimum Gasteiger partial charge on any atom is -0.492 e. The number of ether oxygens (including phenoxy) is 1. The van der Waals surface area contributed by atoms with Crippen LogP contribution in [-0.4, -0.2) is 28.5 Å². The second-order valence-corrected chi connectivity index (χ2v) is 4.82. The van der Waals surface area contributed by atoms with Gasteiger partial charge in [-0.05, 0) is 37.5 Å². The molecule has 0 spiro atoms. The van der Waals surface area contributed by atoms with Crippen molar-refractivity contribution in [1.29, 1.82) is 0 Å². The summed E-state index contributed by atoms with van der Waals surface area (Å²) >= 11 is 0. The second-order valence-electron chi connectivity index (χ2n) is 4.82. The van der Waals surface area contributed by atoms with Gasteiger partial charge in [-0.2, -0.15) is 0 Å². The van der Waals surface area contributed by atoms with Crippen molar-refractivity contribution < 1.29 is 14.3 Å². The van der Waals surface area contributed by atoms with Gasteiger partial charge in [-0.3, -0.25) is 0 Å². The highest BCUT2D eigenvalue weighted by Gasteiger charge is 2.09. The van der Waals surface area contributed by atoms with Crippen molar-refractivity contribution in [2.45, 2.75) is 33.6 Å². The van der Waals surface area contributed by atoms with Crippen molar-refractivity contribution >= 4 is 0 Å². The molecule has 1 heterocycles. The van der Waals surface area contributed by atoms with Gasteiger partial charge in [-0.25, -0.2) is 0 Å². The Labute approximate surface area is 118 Å². The average molecular weight is 276 g/mol. The van der Waals surface area contributed by atoms with Crippen LogP contribution in [0.5, 0.6) is 5.75 Å². The van der Waals surface area contributed by atoms with Crippen LogP contribution in [0, 0.1) is 20.8 Å². The van der Waals surface area contributed by atoms with Crippen LogP contribution in [0.2, 0.25) is 0 Å². The maximum atomic E-state index is 8.79. The zero-order chi connectivity index (χ0) is 14.5. The number of hydrogen-bond acceptors (Lipinski definition) is 5. The van der Waals surface area contributed by atoms with Crippen molar-refractivity contribution in [3.05, 3.63) is 40.6 Å². The Balaban J connectivity index is 1.94. The van der Waals surface area contributed by atoms with Crippen LogP contribution < -0.4 is 4.74 Å². The minimum atomic E-state index is 0.0137. The predicted molar refractivity (Wildman–Crippen MR) is 74.9 cm³/mol. The quantitative estimate of drug-likeness (QED) is 0.875. The van der Waals surface area contributed by atoms with Crippen molar-refractivity contribution in [3.63, 3.8) is 0 Å². The summed E-state index contributed by atoms with van der Waals surface area (Å²) in [4.78, 5) is 0. The molecule has 0 aliphatic carbocycles. The van der Waals surface area contributed by atoms with Crippen LogP contribution in [0.4, 0.5) is 0 Å². The van der Waals surface area contributed by atoms with Crippen molar-refractivity contribution in [1.82, 2.24) is 10.2 Å². The number of hydrogen-bond donors (Lipinski definition) is 1. The molecule has 0 amide bonds. The zero-order valence-corrected chi connectivity index (χ0v) is 12.1. The van der Waals surface area contributed by atoms with E-state index in [1.165, 1.54) is 5.56 Å². The van der Waals surface area contributed by atoms with Gasteiger partial charge in [0.05, 0.1) is 19.6 Å². The van der Waals surface area contributed by atoms with E-state index in [9.17, 15) is 0 Å². The largest absolute Gasteiger partial charge is 0.492 e. The number of aliphatic hydroxyl groups is 1. The lowest BCUT2D eigenvalue weighted by molar-refractivity contribution is 0.277. The lowest BCUT2D eigenvalue weighted by Crippen LogP contribution is -2.04. The molecular weight excluding hydrogens is 256 g/mol. The van der Waals surface area contributed by atoms with Gasteiger partial charge in [0.25, 0.3) is 0 Å². The number of rotatable bonds is 6. The second kappa shape index (κ2) is 6.52. The maximum Gasteiger partial charge on any atom is 0.219 e. The highest BCUT2D eigenvalue weighted by molar-refractivity contribution is 5.44. The molecule has 0 saturated carbocycles. The first kappa shape index (κ1) is 14.5. The van der Waals surface area contributed by atoms with Gasteiger partial charge in [-0.1, -0.05) is 12.1 Å². The summed E-state index contributed by atoms with van der Waals surface area (Å²) in [5.41, 5.74) is 3.50. The van der Waals surface area contributed by atoms with Crippen molar-refractivity contribution in [2.24, 2.45) is 0 Å². The number of aromatic nitrogens is 2. The molecule has 108 valence electrons. The summed E-state index contributed by atoms with van der Waals surface area (Å²) in [5.74, 6) is 1.93. The summed E-state index contributed by atoms with van der Waals surface area (Å²) in [6, 6.07) is 4.15. The molecule has 1 N–H and O–H groups in total. The molecule has 1 aromatic heterocycles. The molecule has 0 unspecified atom stereocenters. The van der Waals surface area contributed by atoms with Gasteiger partial charge in [0, 0.05) is 6.42 Å². The van der Waals surface area contributed by atoms with E-state index in [1.54, 1.807) is 0 Å². The maximum absolute atomic E-state index is 8.79. The van der Waals surface area contributed by atoms with E-state index >= 15 is 0 Å². The summed E-state index contributed by atoms with van der Waals surface area (Å²) in [6.07, 6.45) is 0.954. The lowest BCUT2D eigenvalue weighted by atomic mass is 10.1. The molecule has 5 nitrogen and oxygen atoms in total. The van der Waals surface area contributed by atoms with Gasteiger partial charge in [0.15, 0.2) is 0 Å². The predicted octanol–water partition coefficient (Wildman–Crippen LogP) is 2.15. The number of nitrogens with zero attached hydrogens (tertiary/aromatic N) is 2. The Kier molecular flexibility index (Phi) is 4.74. The van der Waals surface area contributed by atoms with E-state index in [2.05, 4.69) is 36.2 Å². The fourth-order valence-corrected chi connectivity index (χ4v) is 1.97. The van der Waals surface area contributed by atoms with Crippen LogP contribution in [0.3, 0.4) is 0 Å². The minimum absolute atomic E-state index is 0.0137. The number of aryl methyl sites for hydroxylation is 2. The Morgan fingerprint density at radius 2 is 1.70 bits per heavy atom. The molecule has 0 aliphatic heterocycles. The third kappa shape index (κ3) is 3.36. The summed E-state index contributed by atoms with van der Waals surface area (Å²) in [5, 5.41) is 16.6. The highest BCUT2D eigenvalue weighted by atomic mass is 16.5. The molecule has 0 radical (unpaired) electrons. The van der Waals surface area contributed by atoms with Crippen LogP contribution >= 0.6 is 0 Å². The standard InChI is InChI=1S/C15H20N2O3/c1-10-4-5-11(2)15(12(10)3)19-9-7-14-17-16-13(20-14)6-8-18/h4-5,18H,6-9H2,1-3H3. The normalized spacial score (nSPS) is 10.8. The molecule has 0 fully saturated rings. The molecule has 5 heteroatoms. The SMILES string of the molecule is Cc1ccc(C)c(OCCc2nnc(CCO)o2)c1C. The lowest BCUT2D eigenvalue weighted by Gasteiger charge is -2.13. The van der Waals surface area contributed by atoms with E-state index in [0.29, 0.717) is 31.2 Å². The molecular formula is C15H20N2O3. The Morgan fingerprint density at radius 3 is 2.40 bits per heavy atom. The smallest absolute Gasteiger partial charge is 0.219 e. The monoisotopic (exact) mass is 276 g/mol. The highest BCUT2D eigenvalue weighted by Crippen LogP contribution is 2.25. The molecule has 0 bridgehead atoms. The summed E-state index contributed by atoms with van der Waals surface area (Å²) in [6.45, 7) is 6.67. The molecule has 2 rings (SSSR count). The third-order valence-electron chi connectivity index (χ3n) is 3.27. The summed E-state index contributed by atoms with van der Waals surface area (Å²) in [7, 11) is 0. The zero-order valence-electron chi connectivity index (χ0n) is 12.1. The first-order valence-electron chi connectivity index (χ1n) is 6.73. The molecule has 2 aromatic rings. The van der Waals surface area contributed by atoms with Crippen LogP contribution in [-0.2, 0) is 12.8 Å².